The zero-order valence-electron chi connectivity index (χ0n) is 17.9. The number of hydrogen-bond acceptors (Lipinski definition) is 4. The van der Waals surface area contributed by atoms with E-state index in [0.717, 1.165) is 31.6 Å². The minimum Gasteiger partial charge on any atom is -0.312 e. The highest BCUT2D eigenvalue weighted by Crippen LogP contribution is 2.36. The molecule has 1 atom stereocenters. The Balaban J connectivity index is 1.35. The van der Waals surface area contributed by atoms with Crippen molar-refractivity contribution in [2.75, 3.05) is 26.7 Å². The molecule has 0 radical (unpaired) electrons. The van der Waals surface area contributed by atoms with E-state index in [0.29, 0.717) is 31.8 Å². The number of rotatable bonds is 7. The average molecular weight is 410 g/mol. The Kier molecular flexibility index (Phi) is 5.90. The molecular weight excluding hydrogens is 378 g/mol. The number of benzene rings is 1. The maximum atomic E-state index is 13.3. The Morgan fingerprint density at radius 1 is 1.07 bits per heavy atom. The molecule has 2 aliphatic rings. The molecule has 1 aromatic heterocycles. The molecule has 3 heterocycles. The van der Waals surface area contributed by atoms with Gasteiger partial charge >= 0.3 is 6.03 Å². The van der Waals surface area contributed by atoms with Crippen LogP contribution in [0, 0.1) is 0 Å². The van der Waals surface area contributed by atoms with Crippen molar-refractivity contribution in [3.63, 3.8) is 0 Å². The largest absolute Gasteiger partial charge is 0.327 e. The third kappa shape index (κ3) is 3.86. The molecule has 3 amide bonds. The van der Waals surface area contributed by atoms with E-state index in [2.05, 4.69) is 16.9 Å². The van der Waals surface area contributed by atoms with Crippen molar-refractivity contribution >= 4 is 11.9 Å². The van der Waals surface area contributed by atoms with E-state index < -0.39 is 5.54 Å². The molecule has 2 fully saturated rings. The van der Waals surface area contributed by atoms with E-state index in [1.807, 2.05) is 47.3 Å². The standard InChI is InChI=1S/C23H31N5O2/c1-19(9-15-27-14-6-13-24-27)26-17-11-23(12-18-26)21(29)28(22(30)25(23)2)16-10-20-7-4-3-5-8-20/h3-8,13-14,19H,9-12,15-18H2,1-2H3. The van der Waals surface area contributed by atoms with Gasteiger partial charge in [-0.05, 0) is 44.2 Å². The summed E-state index contributed by atoms with van der Waals surface area (Å²) < 4.78 is 1.96. The molecule has 160 valence electrons. The summed E-state index contributed by atoms with van der Waals surface area (Å²) in [5.74, 6) is -0.0187. The van der Waals surface area contributed by atoms with Crippen LogP contribution in [0.2, 0.25) is 0 Å². The van der Waals surface area contributed by atoms with Gasteiger partial charge in [0.2, 0.25) is 0 Å². The number of carbonyl (C=O) groups is 2. The van der Waals surface area contributed by atoms with E-state index in [-0.39, 0.29) is 11.9 Å². The van der Waals surface area contributed by atoms with Gasteiger partial charge in [-0.3, -0.25) is 14.4 Å². The van der Waals surface area contributed by atoms with E-state index in [1.165, 1.54) is 4.90 Å². The van der Waals surface area contributed by atoms with Crippen molar-refractivity contribution in [2.24, 2.45) is 0 Å². The number of aromatic nitrogens is 2. The zero-order valence-corrected chi connectivity index (χ0v) is 17.9. The Bertz CT molecular complexity index is 859. The number of nitrogens with zero attached hydrogens (tertiary/aromatic N) is 5. The van der Waals surface area contributed by atoms with Crippen LogP contribution in [0.3, 0.4) is 0 Å². The molecular formula is C23H31N5O2. The molecule has 7 heteroatoms. The summed E-state index contributed by atoms with van der Waals surface area (Å²) in [6.45, 7) is 5.23. The fourth-order valence-corrected chi connectivity index (χ4v) is 4.75. The molecule has 30 heavy (non-hydrogen) atoms. The topological polar surface area (TPSA) is 61.7 Å². The summed E-state index contributed by atoms with van der Waals surface area (Å²) in [5, 5.41) is 4.27. The van der Waals surface area contributed by atoms with Crippen molar-refractivity contribution in [2.45, 2.75) is 50.7 Å². The Morgan fingerprint density at radius 3 is 2.47 bits per heavy atom. The fraction of sp³-hybridized carbons (Fsp3) is 0.522. The minimum atomic E-state index is -0.675. The second-order valence-corrected chi connectivity index (χ2v) is 8.51. The molecule has 0 bridgehead atoms. The van der Waals surface area contributed by atoms with E-state index >= 15 is 0 Å². The summed E-state index contributed by atoms with van der Waals surface area (Å²) in [7, 11) is 1.79. The summed E-state index contributed by atoms with van der Waals surface area (Å²) >= 11 is 0. The molecule has 0 aliphatic carbocycles. The van der Waals surface area contributed by atoms with Gasteiger partial charge in [-0.15, -0.1) is 0 Å². The van der Waals surface area contributed by atoms with E-state index in [1.54, 1.807) is 18.1 Å². The van der Waals surface area contributed by atoms with Gasteiger partial charge in [0.05, 0.1) is 0 Å². The number of aryl methyl sites for hydroxylation is 1. The second kappa shape index (κ2) is 8.60. The molecule has 7 nitrogen and oxygen atoms in total. The fourth-order valence-electron chi connectivity index (χ4n) is 4.75. The van der Waals surface area contributed by atoms with Gasteiger partial charge in [-0.1, -0.05) is 30.3 Å². The van der Waals surface area contributed by atoms with Crippen LogP contribution in [0.25, 0.3) is 0 Å². The lowest BCUT2D eigenvalue weighted by Crippen LogP contribution is -2.56. The Labute approximate surface area is 178 Å². The van der Waals surface area contributed by atoms with Gasteiger partial charge in [-0.2, -0.15) is 5.10 Å². The first-order valence-electron chi connectivity index (χ1n) is 10.9. The highest BCUT2D eigenvalue weighted by atomic mass is 16.2. The SMILES string of the molecule is CC(CCn1cccn1)N1CCC2(CC1)C(=O)N(CCc1ccccc1)C(=O)N2C. The number of piperidine rings is 1. The van der Waals surface area contributed by atoms with Gasteiger partial charge < -0.3 is 9.80 Å². The molecule has 0 saturated carbocycles. The van der Waals surface area contributed by atoms with E-state index in [9.17, 15) is 9.59 Å². The monoisotopic (exact) mass is 409 g/mol. The first-order valence-corrected chi connectivity index (χ1v) is 10.9. The summed E-state index contributed by atoms with van der Waals surface area (Å²) in [5.41, 5.74) is 0.467. The zero-order chi connectivity index (χ0) is 21.1. The van der Waals surface area contributed by atoms with Crippen molar-refractivity contribution in [3.8, 4) is 0 Å². The number of amides is 3. The summed E-state index contributed by atoms with van der Waals surface area (Å²) in [4.78, 5) is 31.8. The van der Waals surface area contributed by atoms with Gasteiger partial charge in [0, 0.05) is 51.7 Å². The van der Waals surface area contributed by atoms with Gasteiger partial charge in [0.15, 0.2) is 0 Å². The predicted octanol–water partition coefficient (Wildman–Crippen LogP) is 2.63. The molecule has 2 aromatic rings. The van der Waals surface area contributed by atoms with Crippen LogP contribution in [-0.2, 0) is 17.8 Å². The molecule has 1 aromatic carbocycles. The van der Waals surface area contributed by atoms with Crippen molar-refractivity contribution in [3.05, 3.63) is 54.4 Å². The van der Waals surface area contributed by atoms with Crippen LogP contribution in [0.1, 0.15) is 31.7 Å². The number of likely N-dealkylation sites (N-methyl/N-ethyl adjacent to an activating group) is 1. The normalized spacial score (nSPS) is 20.3. The first kappa shape index (κ1) is 20.6. The third-order valence-corrected chi connectivity index (χ3v) is 6.85. The number of urea groups is 1. The van der Waals surface area contributed by atoms with Gasteiger partial charge in [0.1, 0.15) is 5.54 Å². The van der Waals surface area contributed by atoms with Crippen LogP contribution < -0.4 is 0 Å². The number of imide groups is 1. The van der Waals surface area contributed by atoms with Gasteiger partial charge in [0.25, 0.3) is 5.91 Å². The molecule has 2 saturated heterocycles. The maximum absolute atomic E-state index is 13.3. The maximum Gasteiger partial charge on any atom is 0.327 e. The van der Waals surface area contributed by atoms with Crippen LogP contribution in [0.15, 0.2) is 48.8 Å². The van der Waals surface area contributed by atoms with Crippen LogP contribution in [-0.4, -0.2) is 74.7 Å². The van der Waals surface area contributed by atoms with Crippen molar-refractivity contribution in [1.82, 2.24) is 24.5 Å². The number of carbonyl (C=O) groups excluding carboxylic acids is 2. The quantitative estimate of drug-likeness (QED) is 0.660. The molecule has 2 aliphatic heterocycles. The average Bonchev–Trinajstić information content (AvgIpc) is 3.36. The lowest BCUT2D eigenvalue weighted by molar-refractivity contribution is -0.135. The predicted molar refractivity (Wildman–Crippen MR) is 115 cm³/mol. The second-order valence-electron chi connectivity index (χ2n) is 8.51. The van der Waals surface area contributed by atoms with Gasteiger partial charge in [-0.25, -0.2) is 4.79 Å². The lowest BCUT2D eigenvalue weighted by Gasteiger charge is -2.43. The molecule has 4 rings (SSSR count). The summed E-state index contributed by atoms with van der Waals surface area (Å²) in [6, 6.07) is 12.2. The van der Waals surface area contributed by atoms with Crippen LogP contribution in [0.4, 0.5) is 4.79 Å². The highest BCUT2D eigenvalue weighted by Gasteiger charge is 2.56. The molecule has 1 spiro atoms. The smallest absolute Gasteiger partial charge is 0.312 e. The minimum absolute atomic E-state index is 0.0187. The first-order chi connectivity index (χ1) is 14.5. The lowest BCUT2D eigenvalue weighted by atomic mass is 9.85. The third-order valence-electron chi connectivity index (χ3n) is 6.85. The van der Waals surface area contributed by atoms with E-state index in [4.69, 9.17) is 0 Å². The van der Waals surface area contributed by atoms with Crippen LogP contribution in [0.5, 0.6) is 0 Å². The number of hydrogen-bond donors (Lipinski definition) is 0. The Hall–Kier alpha value is -2.67. The highest BCUT2D eigenvalue weighted by molar-refractivity contribution is 6.07. The number of likely N-dealkylation sites (tertiary alicyclic amines) is 1. The van der Waals surface area contributed by atoms with Crippen molar-refractivity contribution in [1.29, 1.82) is 0 Å². The Morgan fingerprint density at radius 2 is 1.80 bits per heavy atom. The molecule has 1 unspecified atom stereocenters. The van der Waals surface area contributed by atoms with Crippen LogP contribution >= 0.6 is 0 Å². The van der Waals surface area contributed by atoms with Crippen molar-refractivity contribution < 1.29 is 9.59 Å². The molecule has 0 N–H and O–H groups in total. The summed E-state index contributed by atoms with van der Waals surface area (Å²) in [6.07, 6.45) is 6.89.